The molecule has 1 aromatic carbocycles. The van der Waals surface area contributed by atoms with E-state index in [1.807, 2.05) is 19.1 Å². The number of rotatable bonds is 1. The number of phenolic OH excluding ortho intramolecular Hbond substituents is 1. The topological polar surface area (TPSA) is 46.2 Å². The van der Waals surface area contributed by atoms with Gasteiger partial charge in [-0.1, -0.05) is 12.1 Å². The average molecular weight is 216 g/mol. The molecule has 0 unspecified atom stereocenters. The van der Waals surface area contributed by atoms with Crippen molar-refractivity contribution in [3.8, 4) is 5.75 Å². The van der Waals surface area contributed by atoms with Crippen molar-refractivity contribution < 1.29 is 5.11 Å². The minimum absolute atomic E-state index is 0.132. The zero-order chi connectivity index (χ0) is 8.43. The minimum Gasteiger partial charge on any atom is -0.506 e. The molecule has 0 bridgehead atoms. The van der Waals surface area contributed by atoms with Gasteiger partial charge in [-0.3, -0.25) is 0 Å². The molecular formula is C8H10BrNO. The largest absolute Gasteiger partial charge is 0.506 e. The number of halogens is 1. The van der Waals surface area contributed by atoms with Gasteiger partial charge < -0.3 is 10.8 Å². The molecule has 60 valence electrons. The first-order chi connectivity index (χ1) is 5.13. The Hall–Kier alpha value is -0.540. The van der Waals surface area contributed by atoms with Gasteiger partial charge in [-0.25, -0.2) is 0 Å². The maximum absolute atomic E-state index is 9.44. The molecule has 11 heavy (non-hydrogen) atoms. The summed E-state index contributed by atoms with van der Waals surface area (Å²) in [6.45, 7) is 1.83. The Balaban J connectivity index is 3.17. The van der Waals surface area contributed by atoms with Gasteiger partial charge in [0.05, 0.1) is 4.47 Å². The maximum atomic E-state index is 9.44. The van der Waals surface area contributed by atoms with E-state index in [9.17, 15) is 5.11 Å². The highest BCUT2D eigenvalue weighted by Gasteiger charge is 2.07. The first-order valence-electron chi connectivity index (χ1n) is 3.36. The molecule has 0 aliphatic carbocycles. The van der Waals surface area contributed by atoms with Crippen LogP contribution in [0.25, 0.3) is 0 Å². The first-order valence-corrected chi connectivity index (χ1v) is 4.15. The molecule has 0 saturated carbocycles. The van der Waals surface area contributed by atoms with Crippen molar-refractivity contribution in [1.82, 2.24) is 0 Å². The number of para-hydroxylation sites is 1. The van der Waals surface area contributed by atoms with E-state index < -0.39 is 0 Å². The molecule has 0 heterocycles. The Morgan fingerprint density at radius 3 is 2.64 bits per heavy atom. The predicted molar refractivity (Wildman–Crippen MR) is 48.4 cm³/mol. The lowest BCUT2D eigenvalue weighted by atomic mass is 10.1. The third-order valence-corrected chi connectivity index (χ3v) is 2.15. The molecule has 0 aliphatic rings. The van der Waals surface area contributed by atoms with E-state index in [0.29, 0.717) is 4.47 Å². The molecule has 0 aliphatic heterocycles. The van der Waals surface area contributed by atoms with Crippen molar-refractivity contribution >= 4 is 15.9 Å². The van der Waals surface area contributed by atoms with E-state index in [1.165, 1.54) is 0 Å². The summed E-state index contributed by atoms with van der Waals surface area (Å²) in [4.78, 5) is 0. The summed E-state index contributed by atoms with van der Waals surface area (Å²) in [5.74, 6) is 0.238. The minimum atomic E-state index is -0.132. The Kier molecular flexibility index (Phi) is 2.52. The van der Waals surface area contributed by atoms with E-state index in [4.69, 9.17) is 5.73 Å². The van der Waals surface area contributed by atoms with Crippen molar-refractivity contribution in [3.63, 3.8) is 0 Å². The van der Waals surface area contributed by atoms with Gasteiger partial charge in [0.2, 0.25) is 0 Å². The molecule has 3 heteroatoms. The predicted octanol–water partition coefficient (Wildman–Crippen LogP) is 2.17. The van der Waals surface area contributed by atoms with E-state index >= 15 is 0 Å². The summed E-state index contributed by atoms with van der Waals surface area (Å²) in [7, 11) is 0. The lowest BCUT2D eigenvalue weighted by Crippen LogP contribution is -2.04. The molecule has 1 rings (SSSR count). The van der Waals surface area contributed by atoms with Gasteiger partial charge in [-0.2, -0.15) is 0 Å². The zero-order valence-electron chi connectivity index (χ0n) is 6.21. The SMILES string of the molecule is C[C@@H](N)c1cccc(Br)c1O. The molecule has 0 amide bonds. The lowest BCUT2D eigenvalue weighted by molar-refractivity contribution is 0.460. The van der Waals surface area contributed by atoms with Crippen LogP contribution in [0.3, 0.4) is 0 Å². The van der Waals surface area contributed by atoms with Crippen LogP contribution in [-0.4, -0.2) is 5.11 Å². The molecule has 0 saturated heterocycles. The van der Waals surface area contributed by atoms with Crippen LogP contribution < -0.4 is 5.73 Å². The summed E-state index contributed by atoms with van der Waals surface area (Å²) in [5, 5.41) is 9.44. The maximum Gasteiger partial charge on any atom is 0.134 e. The van der Waals surface area contributed by atoms with Crippen LogP contribution in [0.4, 0.5) is 0 Å². The smallest absolute Gasteiger partial charge is 0.134 e. The van der Waals surface area contributed by atoms with E-state index in [2.05, 4.69) is 15.9 Å². The third-order valence-electron chi connectivity index (χ3n) is 1.51. The second kappa shape index (κ2) is 3.24. The summed E-state index contributed by atoms with van der Waals surface area (Å²) < 4.78 is 0.687. The monoisotopic (exact) mass is 215 g/mol. The van der Waals surface area contributed by atoms with Crippen molar-refractivity contribution in [3.05, 3.63) is 28.2 Å². The summed E-state index contributed by atoms with van der Waals surface area (Å²) in [6.07, 6.45) is 0. The number of benzene rings is 1. The number of aromatic hydroxyl groups is 1. The fourth-order valence-corrected chi connectivity index (χ4v) is 1.28. The Bertz CT molecular complexity index is 260. The molecule has 2 nitrogen and oxygen atoms in total. The van der Waals surface area contributed by atoms with Crippen LogP contribution in [-0.2, 0) is 0 Å². The summed E-state index contributed by atoms with van der Waals surface area (Å²) >= 11 is 3.21. The van der Waals surface area contributed by atoms with Crippen LogP contribution >= 0.6 is 15.9 Å². The van der Waals surface area contributed by atoms with Gasteiger partial charge in [0.15, 0.2) is 0 Å². The van der Waals surface area contributed by atoms with Crippen LogP contribution in [0.5, 0.6) is 5.75 Å². The van der Waals surface area contributed by atoms with Crippen LogP contribution in [0, 0.1) is 0 Å². The normalized spacial score (nSPS) is 13.0. The Morgan fingerprint density at radius 2 is 2.18 bits per heavy atom. The quantitative estimate of drug-likeness (QED) is 0.755. The highest BCUT2D eigenvalue weighted by molar-refractivity contribution is 9.10. The second-order valence-corrected chi connectivity index (χ2v) is 3.32. The van der Waals surface area contributed by atoms with Gasteiger partial charge in [-0.15, -0.1) is 0 Å². The van der Waals surface area contributed by atoms with E-state index in [1.54, 1.807) is 6.07 Å². The third kappa shape index (κ3) is 1.73. The fraction of sp³-hybridized carbons (Fsp3) is 0.250. The van der Waals surface area contributed by atoms with Crippen molar-refractivity contribution in [2.45, 2.75) is 13.0 Å². The van der Waals surface area contributed by atoms with Gasteiger partial charge in [-0.05, 0) is 28.9 Å². The molecule has 1 atom stereocenters. The Morgan fingerprint density at radius 1 is 1.55 bits per heavy atom. The van der Waals surface area contributed by atoms with Gasteiger partial charge in [0.25, 0.3) is 0 Å². The lowest BCUT2D eigenvalue weighted by Gasteiger charge is -2.08. The molecule has 1 aromatic rings. The molecule has 0 aromatic heterocycles. The highest BCUT2D eigenvalue weighted by atomic mass is 79.9. The van der Waals surface area contributed by atoms with Crippen LogP contribution in [0.1, 0.15) is 18.5 Å². The summed E-state index contributed by atoms with van der Waals surface area (Å²) in [6, 6.07) is 5.31. The van der Waals surface area contributed by atoms with Crippen LogP contribution in [0.15, 0.2) is 22.7 Å². The molecular weight excluding hydrogens is 206 g/mol. The first kappa shape index (κ1) is 8.56. The standard InChI is InChI=1S/C8H10BrNO/c1-5(10)6-3-2-4-7(9)8(6)11/h2-5,11H,10H2,1H3/t5-/m1/s1. The Labute approximate surface area is 74.2 Å². The highest BCUT2D eigenvalue weighted by Crippen LogP contribution is 2.30. The fourth-order valence-electron chi connectivity index (χ4n) is 0.899. The van der Waals surface area contributed by atoms with Gasteiger partial charge >= 0.3 is 0 Å². The van der Waals surface area contributed by atoms with Crippen molar-refractivity contribution in [1.29, 1.82) is 0 Å². The molecule has 0 fully saturated rings. The van der Waals surface area contributed by atoms with Crippen molar-refractivity contribution in [2.24, 2.45) is 5.73 Å². The second-order valence-electron chi connectivity index (χ2n) is 2.47. The van der Waals surface area contributed by atoms with E-state index in [-0.39, 0.29) is 11.8 Å². The van der Waals surface area contributed by atoms with E-state index in [0.717, 1.165) is 5.56 Å². The molecule has 0 spiro atoms. The molecule has 3 N–H and O–H groups in total. The number of hydrogen-bond donors (Lipinski definition) is 2. The molecule has 0 radical (unpaired) electrons. The number of nitrogens with two attached hydrogens (primary N) is 1. The van der Waals surface area contributed by atoms with Crippen molar-refractivity contribution in [2.75, 3.05) is 0 Å². The van der Waals surface area contributed by atoms with Gasteiger partial charge in [0.1, 0.15) is 5.75 Å². The van der Waals surface area contributed by atoms with Gasteiger partial charge in [0, 0.05) is 11.6 Å². The van der Waals surface area contributed by atoms with Crippen LogP contribution in [0.2, 0.25) is 0 Å². The number of hydrogen-bond acceptors (Lipinski definition) is 2. The number of phenols is 1. The zero-order valence-corrected chi connectivity index (χ0v) is 7.80. The average Bonchev–Trinajstić information content (AvgIpc) is 1.94. The summed E-state index contributed by atoms with van der Waals surface area (Å²) in [5.41, 5.74) is 6.37.